The highest BCUT2D eigenvalue weighted by molar-refractivity contribution is 7.96. The minimum Gasteiger partial charge on any atom is -0.399 e. The van der Waals surface area contributed by atoms with Crippen molar-refractivity contribution in [2.24, 2.45) is 5.73 Å². The van der Waals surface area contributed by atoms with E-state index in [1.165, 1.54) is 34.2 Å². The fourth-order valence-electron chi connectivity index (χ4n) is 3.16. The van der Waals surface area contributed by atoms with E-state index in [0.29, 0.717) is 12.1 Å². The predicted octanol–water partition coefficient (Wildman–Crippen LogP) is 5.79. The molecule has 2 rings (SSSR count). The van der Waals surface area contributed by atoms with Crippen LogP contribution in [0.15, 0.2) is 73.1 Å². The zero-order valence-electron chi connectivity index (χ0n) is 17.9. The summed E-state index contributed by atoms with van der Waals surface area (Å²) in [5.74, 6) is 0. The highest BCUT2D eigenvalue weighted by Crippen LogP contribution is 2.29. The summed E-state index contributed by atoms with van der Waals surface area (Å²) in [4.78, 5) is 0. The van der Waals surface area contributed by atoms with Gasteiger partial charge in [0.1, 0.15) is 0 Å². The molecule has 0 spiro atoms. The van der Waals surface area contributed by atoms with E-state index in [0.717, 1.165) is 28.1 Å². The van der Waals surface area contributed by atoms with Gasteiger partial charge in [-0.3, -0.25) is 0 Å². The van der Waals surface area contributed by atoms with E-state index in [9.17, 15) is 0 Å². The van der Waals surface area contributed by atoms with Crippen LogP contribution in [0.1, 0.15) is 28.7 Å². The standard InChI is InChI=1S/C25H31N3S/c1-16-13-25(22-10-8-21(9-11-22)20(5)27-6)17(2)12-23(16)15-24(19(4)26)14-18(3)28-29-7/h8-13,15,27-28H,3-5,14,26H2,1-2,6-7H3/b24-15+. The van der Waals surface area contributed by atoms with E-state index in [4.69, 9.17) is 5.73 Å². The maximum atomic E-state index is 6.04. The fraction of sp³-hybridized carbons (Fsp3) is 0.200. The molecule has 0 aliphatic carbocycles. The Hall–Kier alpha value is -2.85. The van der Waals surface area contributed by atoms with Gasteiger partial charge in [0, 0.05) is 36.8 Å². The molecule has 0 aromatic heterocycles. The van der Waals surface area contributed by atoms with Crippen LogP contribution in [0, 0.1) is 13.8 Å². The lowest BCUT2D eigenvalue weighted by molar-refractivity contribution is 1.05. The van der Waals surface area contributed by atoms with Crippen LogP contribution < -0.4 is 15.8 Å². The predicted molar refractivity (Wildman–Crippen MR) is 131 cm³/mol. The normalized spacial score (nSPS) is 11.1. The van der Waals surface area contributed by atoms with Crippen molar-refractivity contribution >= 4 is 23.7 Å². The van der Waals surface area contributed by atoms with Crippen molar-refractivity contribution in [1.82, 2.24) is 10.0 Å². The average molecular weight is 406 g/mol. The van der Waals surface area contributed by atoms with Gasteiger partial charge in [-0.05, 0) is 58.9 Å². The number of nitrogens with one attached hydrogen (secondary N) is 2. The first-order valence-corrected chi connectivity index (χ1v) is 10.7. The summed E-state index contributed by atoms with van der Waals surface area (Å²) >= 11 is 1.52. The quantitative estimate of drug-likeness (QED) is 0.365. The number of nitrogens with two attached hydrogens (primary N) is 1. The Labute approximate surface area is 179 Å². The van der Waals surface area contributed by atoms with Crippen LogP contribution >= 0.6 is 11.9 Å². The first kappa shape index (κ1) is 22.4. The van der Waals surface area contributed by atoms with Crippen molar-refractivity contribution in [3.05, 3.63) is 95.4 Å². The third-order valence-electron chi connectivity index (χ3n) is 4.85. The first-order valence-electron chi connectivity index (χ1n) is 9.47. The molecule has 0 radical (unpaired) electrons. The summed E-state index contributed by atoms with van der Waals surface area (Å²) in [6, 6.07) is 12.9. The van der Waals surface area contributed by atoms with Crippen LogP contribution in [0.4, 0.5) is 0 Å². The summed E-state index contributed by atoms with van der Waals surface area (Å²) in [7, 11) is 1.88. The number of aryl methyl sites for hydroxylation is 2. The van der Waals surface area contributed by atoms with Crippen LogP contribution in [0.3, 0.4) is 0 Å². The SMILES string of the molecule is C=C(C/C(=C\c1cc(C)c(-c2ccc(C(=C)NC)cc2)cc1C)C(=C)N)NSC. The molecule has 152 valence electrons. The van der Waals surface area contributed by atoms with Gasteiger partial charge in [0.05, 0.1) is 0 Å². The molecule has 0 atom stereocenters. The molecule has 2 aromatic carbocycles. The molecular formula is C25H31N3S. The van der Waals surface area contributed by atoms with Gasteiger partial charge in [-0.25, -0.2) is 0 Å². The van der Waals surface area contributed by atoms with Crippen molar-refractivity contribution in [2.45, 2.75) is 20.3 Å². The summed E-state index contributed by atoms with van der Waals surface area (Å²) in [6.07, 6.45) is 4.73. The average Bonchev–Trinajstić information content (AvgIpc) is 2.69. The van der Waals surface area contributed by atoms with Crippen LogP contribution in [0.2, 0.25) is 0 Å². The Kier molecular flexibility index (Phi) is 7.80. The van der Waals surface area contributed by atoms with Gasteiger partial charge in [0.25, 0.3) is 0 Å². The van der Waals surface area contributed by atoms with Crippen LogP contribution in [-0.4, -0.2) is 13.3 Å². The number of allylic oxidation sites excluding steroid dienone is 2. The van der Waals surface area contributed by atoms with Gasteiger partial charge in [-0.1, -0.05) is 68.1 Å². The molecule has 0 bridgehead atoms. The Morgan fingerprint density at radius 2 is 1.72 bits per heavy atom. The number of rotatable bonds is 9. The zero-order valence-corrected chi connectivity index (χ0v) is 18.7. The molecule has 0 aliphatic rings. The second-order valence-corrected chi connectivity index (χ2v) is 7.72. The van der Waals surface area contributed by atoms with Gasteiger partial charge in [-0.2, -0.15) is 0 Å². The van der Waals surface area contributed by atoms with Crippen molar-refractivity contribution in [3.63, 3.8) is 0 Å². The van der Waals surface area contributed by atoms with Crippen molar-refractivity contribution < 1.29 is 0 Å². The van der Waals surface area contributed by atoms with Gasteiger partial charge in [0.2, 0.25) is 0 Å². The Balaban J connectivity index is 2.38. The molecule has 0 amide bonds. The molecule has 4 N–H and O–H groups in total. The highest BCUT2D eigenvalue weighted by Gasteiger charge is 2.09. The highest BCUT2D eigenvalue weighted by atomic mass is 32.2. The molecule has 0 heterocycles. The van der Waals surface area contributed by atoms with E-state index >= 15 is 0 Å². The second-order valence-electron chi connectivity index (χ2n) is 7.11. The van der Waals surface area contributed by atoms with Crippen LogP contribution in [-0.2, 0) is 0 Å². The van der Waals surface area contributed by atoms with Crippen LogP contribution in [0.5, 0.6) is 0 Å². The third kappa shape index (κ3) is 5.81. The van der Waals surface area contributed by atoms with E-state index in [2.05, 4.69) is 86.1 Å². The Bertz CT molecular complexity index is 953. The van der Waals surface area contributed by atoms with E-state index in [-0.39, 0.29) is 0 Å². The number of hydrogen-bond donors (Lipinski definition) is 3. The van der Waals surface area contributed by atoms with Crippen LogP contribution in [0.25, 0.3) is 22.9 Å². The van der Waals surface area contributed by atoms with E-state index in [1.54, 1.807) is 0 Å². The van der Waals surface area contributed by atoms with Crippen molar-refractivity contribution in [2.75, 3.05) is 13.3 Å². The lowest BCUT2D eigenvalue weighted by atomic mass is 9.93. The molecule has 3 nitrogen and oxygen atoms in total. The van der Waals surface area contributed by atoms with E-state index in [1.807, 2.05) is 13.3 Å². The van der Waals surface area contributed by atoms with Gasteiger partial charge in [0.15, 0.2) is 0 Å². The first-order chi connectivity index (χ1) is 13.8. The fourth-order valence-corrected chi connectivity index (χ4v) is 3.52. The molecule has 0 fully saturated rings. The summed E-state index contributed by atoms with van der Waals surface area (Å²) < 4.78 is 3.16. The van der Waals surface area contributed by atoms with Crippen molar-refractivity contribution in [3.8, 4) is 11.1 Å². The summed E-state index contributed by atoms with van der Waals surface area (Å²) in [5, 5.41) is 3.09. The molecule has 0 saturated carbocycles. The number of hydrogen-bond acceptors (Lipinski definition) is 4. The maximum absolute atomic E-state index is 6.04. The zero-order chi connectivity index (χ0) is 21.6. The molecule has 2 aromatic rings. The monoisotopic (exact) mass is 405 g/mol. The molecule has 0 aliphatic heterocycles. The molecule has 0 unspecified atom stereocenters. The summed E-state index contributed by atoms with van der Waals surface area (Å²) in [5.41, 5.74) is 16.5. The topological polar surface area (TPSA) is 50.1 Å². The van der Waals surface area contributed by atoms with Gasteiger partial charge < -0.3 is 15.8 Å². The Morgan fingerprint density at radius 1 is 1.07 bits per heavy atom. The Morgan fingerprint density at radius 3 is 2.28 bits per heavy atom. The molecule has 29 heavy (non-hydrogen) atoms. The maximum Gasteiger partial charge on any atom is 0.0338 e. The second kappa shape index (κ2) is 10.1. The summed E-state index contributed by atoms with van der Waals surface area (Å²) in [6.45, 7) is 16.3. The smallest absolute Gasteiger partial charge is 0.0338 e. The van der Waals surface area contributed by atoms with E-state index < -0.39 is 0 Å². The minimum atomic E-state index is 0.565. The molecular weight excluding hydrogens is 374 g/mol. The van der Waals surface area contributed by atoms with Gasteiger partial charge in [-0.15, -0.1) is 0 Å². The van der Waals surface area contributed by atoms with Gasteiger partial charge >= 0.3 is 0 Å². The van der Waals surface area contributed by atoms with Crippen molar-refractivity contribution in [1.29, 1.82) is 0 Å². The number of benzene rings is 2. The minimum absolute atomic E-state index is 0.565. The lowest BCUT2D eigenvalue weighted by Gasteiger charge is -2.14. The lowest BCUT2D eigenvalue weighted by Crippen LogP contribution is -2.06. The third-order valence-corrected chi connectivity index (χ3v) is 5.34. The largest absolute Gasteiger partial charge is 0.399 e. The molecule has 4 heteroatoms. The molecule has 0 saturated heterocycles.